The zero-order chi connectivity index (χ0) is 82.4. The molecule has 0 saturated heterocycles. The number of carboxylic acids is 4. The molecule has 0 aliphatic heterocycles. The third-order valence-electron chi connectivity index (χ3n) is 17.4. The monoisotopic (exact) mass is 1550 g/mol. The first-order valence-corrected chi connectivity index (χ1v) is 35.3. The molecule has 0 aliphatic rings. The summed E-state index contributed by atoms with van der Waals surface area (Å²) >= 11 is 0. The van der Waals surface area contributed by atoms with E-state index < -0.39 is 206 Å². The Kier molecular flexibility index (Phi) is 33.7. The number of aliphatic hydroxyl groups excluding tert-OH is 3. The van der Waals surface area contributed by atoms with Crippen LogP contribution in [0.15, 0.2) is 152 Å². The average Bonchev–Trinajstić information content (AvgIpc) is 0.998. The minimum absolute atomic E-state index is 0.216. The molecule has 0 saturated carbocycles. The lowest BCUT2D eigenvalue weighted by atomic mass is 9.98. The van der Waals surface area contributed by atoms with E-state index in [0.29, 0.717) is 16.7 Å². The first kappa shape index (κ1) is 88.1. The van der Waals surface area contributed by atoms with Crippen LogP contribution >= 0.6 is 0 Å². The predicted octanol–water partition coefficient (Wildman–Crippen LogP) is -2.24. The molecule has 21 N–H and O–H groups in total. The Morgan fingerprint density at radius 2 is 0.839 bits per heavy atom. The minimum atomic E-state index is -2.08. The van der Waals surface area contributed by atoms with Crippen molar-refractivity contribution in [1.82, 2.24) is 68.5 Å². The Balaban J connectivity index is 1.12. The van der Waals surface area contributed by atoms with E-state index in [2.05, 4.69) is 68.5 Å². The van der Waals surface area contributed by atoms with Gasteiger partial charge in [0.1, 0.15) is 59.9 Å². The van der Waals surface area contributed by atoms with Crippen LogP contribution in [0.3, 0.4) is 0 Å². The Morgan fingerprint density at radius 3 is 1.32 bits per heavy atom. The van der Waals surface area contributed by atoms with Crippen molar-refractivity contribution in [2.45, 2.75) is 164 Å². The molecule has 0 spiro atoms. The van der Waals surface area contributed by atoms with Crippen molar-refractivity contribution < 1.29 is 108 Å². The van der Waals surface area contributed by atoms with Gasteiger partial charge in [-0.25, -0.2) is 9.78 Å². The molecular weight excluding hydrogens is 1460 g/mol. The number of carbonyl (C=O) groups excluding carboxylic acids is 11. The zero-order valence-corrected chi connectivity index (χ0v) is 61.4. The summed E-state index contributed by atoms with van der Waals surface area (Å²) in [6.45, 7) is 2.22. The maximum absolute atomic E-state index is 14.4. The number of aliphatic carboxylic acids is 4. The number of carbonyl (C=O) groups is 15. The highest BCUT2D eigenvalue weighted by atomic mass is 16.4. The smallest absolute Gasteiger partial charge is 0.326 e. The van der Waals surface area contributed by atoms with Crippen LogP contribution in [0.4, 0.5) is 0 Å². The van der Waals surface area contributed by atoms with Crippen LogP contribution in [0.1, 0.15) is 82.2 Å². The number of amides is 11. The first-order valence-electron chi connectivity index (χ1n) is 35.3. The van der Waals surface area contributed by atoms with E-state index in [1.807, 2.05) is 60.7 Å². The molecule has 5 aromatic carbocycles. The molecule has 112 heavy (non-hydrogen) atoms. The summed E-state index contributed by atoms with van der Waals surface area (Å²) in [7, 11) is 0. The first-order chi connectivity index (χ1) is 53.1. The molecule has 0 unspecified atom stereocenters. The fourth-order valence-corrected chi connectivity index (χ4v) is 11.2. The van der Waals surface area contributed by atoms with Gasteiger partial charge < -0.3 is 105 Å². The van der Waals surface area contributed by atoms with E-state index in [9.17, 15) is 103 Å². The number of benzene rings is 5. The van der Waals surface area contributed by atoms with E-state index in [1.165, 1.54) is 38.5 Å². The lowest BCUT2D eigenvalue weighted by Crippen LogP contribution is -2.63. The number of imidazole rings is 1. The molecule has 1 heterocycles. The number of nitrogens with two attached hydrogens (primary N) is 1. The van der Waals surface area contributed by atoms with E-state index in [0.717, 1.165) is 36.1 Å². The summed E-state index contributed by atoms with van der Waals surface area (Å²) in [4.78, 5) is 208. The number of carboxylic acid groups (broad SMARTS) is 4. The quantitative estimate of drug-likeness (QED) is 0.0192. The summed E-state index contributed by atoms with van der Waals surface area (Å²) in [6, 6.07) is 22.4. The SMILES string of the molecule is C[C@@H](O)[C@H](NC(=O)CNC(=O)[C@H](CCC(=O)O)NC(=O)C(C)(C)NC(=O)[C@H](Cc1c[nH]cn1)NC(=O)[C@@H](N)CCC(=O)O)C(=O)N[C@@H](Cc1ccccc1)C(=O)N[C@H](C(=O)N[C@@H](CO)C(=O)N[C@@H](CC(=O)O)C(=O)N[C@@H](Cc1ccc(-c2ccccc2)cc1)C(=O)N[C@@H](Cc1ccc(-c2ccccc2)cc1)C(=O)O)[C@@H](C)O. The number of rotatable bonds is 44. The normalized spacial score (nSPS) is 14.4. The number of aliphatic hydroxyl groups is 3. The summed E-state index contributed by atoms with van der Waals surface area (Å²) < 4.78 is 0. The summed E-state index contributed by atoms with van der Waals surface area (Å²) in [5.74, 6) is -18.6. The van der Waals surface area contributed by atoms with Gasteiger partial charge in [-0.2, -0.15) is 0 Å². The maximum atomic E-state index is 14.4. The second-order valence-corrected chi connectivity index (χ2v) is 26.8. The largest absolute Gasteiger partial charge is 0.481 e. The lowest BCUT2D eigenvalue weighted by molar-refractivity contribution is -0.143. The van der Waals surface area contributed by atoms with Gasteiger partial charge in [-0.1, -0.05) is 140 Å². The Labute approximate surface area is 641 Å². The standard InChI is InChI=1S/C76H92N14O22/c1-41(92)63(88-59(94)38-79-66(102)52(29-31-61(97)98)87-75(112)76(3,4)90-71(107)55(35-50-37-78-40-80-50)81-65(101)51(77)28-30-60(95)96)72(108)84-54(32-43-14-8-5-9-15-43)69(105)89-64(42(2)93)73(109)86-58(39-91)70(106)83-56(36-62(99)100)68(104)82-53(33-44-20-24-48(25-21-44)46-16-10-6-11-17-46)67(103)85-57(74(110)111)34-45-22-26-49(27-23-45)47-18-12-7-13-19-47/h5-27,37,40-42,51-58,63-64,91-93H,28-36,38-39,77H2,1-4H3,(H,78,80)(H,79,102)(H,81,101)(H,82,104)(H,83,106)(H,84,108)(H,85,103)(H,86,109)(H,87,112)(H,88,94)(H,89,105)(H,90,107)(H,95,96)(H,97,98)(H,99,100)(H,110,111)/t41-,42-,51+,52+,53+,54+,55+,56+,57+,58+,63+,64+/m1/s1. The van der Waals surface area contributed by atoms with E-state index in [-0.39, 0.29) is 37.8 Å². The molecule has 6 aromatic rings. The molecule has 12 atom stereocenters. The van der Waals surface area contributed by atoms with Crippen molar-refractivity contribution in [2.24, 2.45) is 5.73 Å². The molecule has 11 amide bonds. The number of hydrogen-bond donors (Lipinski definition) is 20. The number of hydrogen-bond acceptors (Lipinski definition) is 20. The van der Waals surface area contributed by atoms with Crippen molar-refractivity contribution in [2.75, 3.05) is 13.2 Å². The van der Waals surface area contributed by atoms with E-state index in [4.69, 9.17) is 10.8 Å². The number of nitrogens with zero attached hydrogens (tertiary/aromatic N) is 1. The van der Waals surface area contributed by atoms with Gasteiger partial charge in [-0.15, -0.1) is 0 Å². The molecule has 0 radical (unpaired) electrons. The van der Waals surface area contributed by atoms with Crippen LogP contribution in [0.5, 0.6) is 0 Å². The van der Waals surface area contributed by atoms with Crippen molar-refractivity contribution in [1.29, 1.82) is 0 Å². The van der Waals surface area contributed by atoms with Crippen LogP contribution < -0.4 is 64.2 Å². The molecule has 6 rings (SSSR count). The Hall–Kier alpha value is -12.8. The van der Waals surface area contributed by atoms with Gasteiger partial charge in [0.2, 0.25) is 65.0 Å². The molecule has 36 heteroatoms. The van der Waals surface area contributed by atoms with Gasteiger partial charge in [0.15, 0.2) is 0 Å². The maximum Gasteiger partial charge on any atom is 0.326 e. The second kappa shape index (κ2) is 42.8. The van der Waals surface area contributed by atoms with Gasteiger partial charge >= 0.3 is 23.9 Å². The van der Waals surface area contributed by atoms with Gasteiger partial charge in [0, 0.05) is 44.7 Å². The Morgan fingerprint density at radius 1 is 0.429 bits per heavy atom. The highest BCUT2D eigenvalue weighted by molar-refractivity contribution is 6.00. The third kappa shape index (κ3) is 28.3. The number of H-pyrrole nitrogens is 1. The number of nitrogens with one attached hydrogen (secondary N) is 12. The van der Waals surface area contributed by atoms with Crippen molar-refractivity contribution >= 4 is 88.9 Å². The van der Waals surface area contributed by atoms with Gasteiger partial charge in [0.25, 0.3) is 0 Å². The predicted molar refractivity (Wildman–Crippen MR) is 398 cm³/mol. The molecular formula is C76H92N14O22. The van der Waals surface area contributed by atoms with E-state index >= 15 is 0 Å². The van der Waals surface area contributed by atoms with Crippen LogP contribution in [0, 0.1) is 0 Å². The molecule has 0 fully saturated rings. The highest BCUT2D eigenvalue weighted by Gasteiger charge is 2.40. The zero-order valence-electron chi connectivity index (χ0n) is 61.4. The lowest BCUT2D eigenvalue weighted by Gasteiger charge is -2.30. The number of aromatic nitrogens is 2. The van der Waals surface area contributed by atoms with Crippen molar-refractivity contribution in [3.05, 3.63) is 174 Å². The molecule has 36 nitrogen and oxygen atoms in total. The fraction of sp³-hybridized carbons (Fsp3) is 0.368. The minimum Gasteiger partial charge on any atom is -0.481 e. The van der Waals surface area contributed by atoms with Gasteiger partial charge in [-0.05, 0) is 79.5 Å². The van der Waals surface area contributed by atoms with Gasteiger partial charge in [-0.3, -0.25) is 67.1 Å². The van der Waals surface area contributed by atoms with Crippen LogP contribution in [0.2, 0.25) is 0 Å². The van der Waals surface area contributed by atoms with Crippen molar-refractivity contribution in [3.63, 3.8) is 0 Å². The van der Waals surface area contributed by atoms with Crippen LogP contribution in [-0.2, 0) is 97.6 Å². The van der Waals surface area contributed by atoms with Gasteiger partial charge in [0.05, 0.1) is 49.8 Å². The average molecular weight is 1550 g/mol. The molecule has 1 aromatic heterocycles. The summed E-state index contributed by atoms with van der Waals surface area (Å²) in [5, 5.41) is 96.8. The molecule has 0 aliphatic carbocycles. The fourth-order valence-electron chi connectivity index (χ4n) is 11.2. The van der Waals surface area contributed by atoms with Crippen LogP contribution in [-0.4, -0.2) is 226 Å². The second-order valence-electron chi connectivity index (χ2n) is 26.8. The van der Waals surface area contributed by atoms with Crippen molar-refractivity contribution in [3.8, 4) is 22.3 Å². The Bertz CT molecular complexity index is 4250. The van der Waals surface area contributed by atoms with E-state index in [1.54, 1.807) is 66.7 Å². The highest BCUT2D eigenvalue weighted by Crippen LogP contribution is 2.23. The van der Waals surface area contributed by atoms with Crippen LogP contribution in [0.25, 0.3) is 22.3 Å². The summed E-state index contributed by atoms with van der Waals surface area (Å²) in [5.41, 5.74) is 8.89. The summed E-state index contributed by atoms with van der Waals surface area (Å²) in [6.07, 6.45) is -5.34. The molecule has 0 bridgehead atoms. The third-order valence-corrected chi connectivity index (χ3v) is 17.4. The topological polar surface area (TPSA) is 585 Å². The number of aromatic amines is 1. The molecule has 598 valence electrons.